The van der Waals surface area contributed by atoms with Crippen molar-refractivity contribution in [3.8, 4) is 0 Å². The standard InChI is InChI=1S/C22H30N4O3/c1-2-16-5-3-4-6-19(16)26-14-17(13-21(26)28)22(29)25-11-9-24(10-12-25)15-20(27)23-18-7-8-18/h3-6,17-18H,2,7-15H2,1H3,(H,23,27). The zero-order valence-electron chi connectivity index (χ0n) is 17.1. The Morgan fingerprint density at radius 1 is 1.10 bits per heavy atom. The highest BCUT2D eigenvalue weighted by Crippen LogP contribution is 2.29. The lowest BCUT2D eigenvalue weighted by molar-refractivity contribution is -0.137. The highest BCUT2D eigenvalue weighted by atomic mass is 16.2. The topological polar surface area (TPSA) is 73.0 Å². The highest BCUT2D eigenvalue weighted by molar-refractivity contribution is 6.00. The van der Waals surface area contributed by atoms with Gasteiger partial charge >= 0.3 is 0 Å². The summed E-state index contributed by atoms with van der Waals surface area (Å²) in [4.78, 5) is 43.3. The Balaban J connectivity index is 1.30. The van der Waals surface area contributed by atoms with Gasteiger partial charge in [-0.25, -0.2) is 0 Å². The van der Waals surface area contributed by atoms with Gasteiger partial charge < -0.3 is 15.1 Å². The van der Waals surface area contributed by atoms with Crippen molar-refractivity contribution < 1.29 is 14.4 Å². The van der Waals surface area contributed by atoms with Gasteiger partial charge in [-0.3, -0.25) is 19.3 Å². The van der Waals surface area contributed by atoms with E-state index < -0.39 is 0 Å². The largest absolute Gasteiger partial charge is 0.352 e. The van der Waals surface area contributed by atoms with Crippen molar-refractivity contribution in [2.45, 2.75) is 38.6 Å². The molecule has 3 amide bonds. The van der Waals surface area contributed by atoms with Gasteiger partial charge in [-0.2, -0.15) is 0 Å². The van der Waals surface area contributed by atoms with Crippen molar-refractivity contribution >= 4 is 23.4 Å². The average molecular weight is 399 g/mol. The van der Waals surface area contributed by atoms with E-state index in [2.05, 4.69) is 17.1 Å². The molecule has 1 saturated carbocycles. The van der Waals surface area contributed by atoms with Gasteiger partial charge in [0.2, 0.25) is 17.7 Å². The molecule has 1 N–H and O–H groups in total. The van der Waals surface area contributed by atoms with Crippen LogP contribution in [0.3, 0.4) is 0 Å². The van der Waals surface area contributed by atoms with Gasteiger partial charge in [-0.05, 0) is 30.9 Å². The van der Waals surface area contributed by atoms with E-state index in [1.54, 1.807) is 4.90 Å². The number of aryl methyl sites for hydroxylation is 1. The second-order valence-electron chi connectivity index (χ2n) is 8.33. The second-order valence-corrected chi connectivity index (χ2v) is 8.33. The van der Waals surface area contributed by atoms with Gasteiger partial charge in [0.15, 0.2) is 0 Å². The van der Waals surface area contributed by atoms with Gasteiger partial charge in [0, 0.05) is 50.9 Å². The maximum absolute atomic E-state index is 13.0. The molecule has 0 spiro atoms. The number of rotatable bonds is 6. The number of hydrogen-bond donors (Lipinski definition) is 1. The third-order valence-electron chi connectivity index (χ3n) is 6.13. The monoisotopic (exact) mass is 398 g/mol. The van der Waals surface area contributed by atoms with Crippen molar-refractivity contribution in [2.24, 2.45) is 5.92 Å². The van der Waals surface area contributed by atoms with E-state index in [-0.39, 0.29) is 30.1 Å². The first-order valence-corrected chi connectivity index (χ1v) is 10.7. The Hall–Kier alpha value is -2.41. The normalized spacial score (nSPS) is 22.8. The summed E-state index contributed by atoms with van der Waals surface area (Å²) in [5.41, 5.74) is 2.06. The smallest absolute Gasteiger partial charge is 0.234 e. The molecule has 2 aliphatic heterocycles. The van der Waals surface area contributed by atoms with Crippen LogP contribution in [0.5, 0.6) is 0 Å². The van der Waals surface area contributed by atoms with E-state index in [1.165, 1.54) is 0 Å². The van der Waals surface area contributed by atoms with Crippen LogP contribution < -0.4 is 10.2 Å². The van der Waals surface area contributed by atoms with Crippen LogP contribution >= 0.6 is 0 Å². The molecular weight excluding hydrogens is 368 g/mol. The number of piperazine rings is 1. The molecule has 1 aromatic rings. The minimum Gasteiger partial charge on any atom is -0.352 e. The number of nitrogens with zero attached hydrogens (tertiary/aromatic N) is 3. The Kier molecular flexibility index (Phi) is 5.85. The van der Waals surface area contributed by atoms with E-state index in [4.69, 9.17) is 0 Å². The van der Waals surface area contributed by atoms with E-state index in [0.717, 1.165) is 30.5 Å². The van der Waals surface area contributed by atoms with Crippen molar-refractivity contribution in [1.82, 2.24) is 15.1 Å². The number of nitrogens with one attached hydrogen (secondary N) is 1. The number of hydrogen-bond acceptors (Lipinski definition) is 4. The number of amides is 3. The first-order valence-electron chi connectivity index (χ1n) is 10.7. The van der Waals surface area contributed by atoms with Crippen molar-refractivity contribution in [2.75, 3.05) is 44.2 Å². The first-order chi connectivity index (χ1) is 14.0. The Bertz CT molecular complexity index is 784. The second kappa shape index (κ2) is 8.53. The maximum Gasteiger partial charge on any atom is 0.234 e. The van der Waals surface area contributed by atoms with Gasteiger partial charge in [0.25, 0.3) is 0 Å². The third-order valence-corrected chi connectivity index (χ3v) is 6.13. The molecule has 0 aromatic heterocycles. The Morgan fingerprint density at radius 3 is 2.52 bits per heavy atom. The minimum atomic E-state index is -0.280. The minimum absolute atomic E-state index is 0.0274. The average Bonchev–Trinajstić information content (AvgIpc) is 3.46. The van der Waals surface area contributed by atoms with Crippen LogP contribution in [0.15, 0.2) is 24.3 Å². The lowest BCUT2D eigenvalue weighted by atomic mass is 10.1. The molecule has 1 aliphatic carbocycles. The first kappa shape index (κ1) is 19.9. The molecule has 7 heteroatoms. The van der Waals surface area contributed by atoms with Crippen molar-refractivity contribution in [3.63, 3.8) is 0 Å². The predicted molar refractivity (Wildman–Crippen MR) is 110 cm³/mol. The molecule has 156 valence electrons. The van der Waals surface area contributed by atoms with Gasteiger partial charge in [0.1, 0.15) is 0 Å². The zero-order valence-corrected chi connectivity index (χ0v) is 17.1. The molecule has 7 nitrogen and oxygen atoms in total. The predicted octanol–water partition coefficient (Wildman–Crippen LogP) is 1.02. The molecular formula is C22H30N4O3. The van der Waals surface area contributed by atoms with Gasteiger partial charge in [-0.1, -0.05) is 25.1 Å². The number of carbonyl (C=O) groups is 3. The van der Waals surface area contributed by atoms with Crippen LogP contribution in [0.25, 0.3) is 0 Å². The number of para-hydroxylation sites is 1. The summed E-state index contributed by atoms with van der Waals surface area (Å²) in [6, 6.07) is 8.31. The lowest BCUT2D eigenvalue weighted by Crippen LogP contribution is -2.52. The molecule has 0 bridgehead atoms. The molecule has 3 fully saturated rings. The summed E-state index contributed by atoms with van der Waals surface area (Å²) in [5, 5.41) is 3.01. The number of anilines is 1. The highest BCUT2D eigenvalue weighted by Gasteiger charge is 2.38. The Labute approximate surface area is 172 Å². The van der Waals surface area contributed by atoms with E-state index in [9.17, 15) is 14.4 Å². The van der Waals surface area contributed by atoms with Crippen LogP contribution in [0.1, 0.15) is 31.7 Å². The quantitative estimate of drug-likeness (QED) is 0.777. The molecule has 1 unspecified atom stereocenters. The summed E-state index contributed by atoms with van der Waals surface area (Å²) in [6.45, 7) is 5.57. The summed E-state index contributed by atoms with van der Waals surface area (Å²) >= 11 is 0. The number of carbonyl (C=O) groups excluding carboxylic acids is 3. The molecule has 0 radical (unpaired) electrons. The summed E-state index contributed by atoms with van der Waals surface area (Å²) in [6.07, 6.45) is 3.32. The molecule has 29 heavy (non-hydrogen) atoms. The molecule has 2 saturated heterocycles. The van der Waals surface area contributed by atoms with E-state index >= 15 is 0 Å². The SMILES string of the molecule is CCc1ccccc1N1CC(C(=O)N2CCN(CC(=O)NC3CC3)CC2)CC1=O. The van der Waals surface area contributed by atoms with Crippen LogP contribution in [0.2, 0.25) is 0 Å². The molecule has 1 atom stereocenters. The summed E-state index contributed by atoms with van der Waals surface area (Å²) < 4.78 is 0. The molecule has 1 aromatic carbocycles. The Morgan fingerprint density at radius 2 is 1.83 bits per heavy atom. The molecule has 3 aliphatic rings. The van der Waals surface area contributed by atoms with E-state index in [1.807, 2.05) is 29.2 Å². The third kappa shape index (κ3) is 4.61. The zero-order chi connectivity index (χ0) is 20.4. The van der Waals surface area contributed by atoms with Crippen LogP contribution in [0, 0.1) is 5.92 Å². The van der Waals surface area contributed by atoms with E-state index in [0.29, 0.717) is 45.3 Å². The van der Waals surface area contributed by atoms with Crippen LogP contribution in [0.4, 0.5) is 5.69 Å². The van der Waals surface area contributed by atoms with Gasteiger partial charge in [-0.15, -0.1) is 0 Å². The van der Waals surface area contributed by atoms with Crippen molar-refractivity contribution in [3.05, 3.63) is 29.8 Å². The lowest BCUT2D eigenvalue weighted by Gasteiger charge is -2.35. The van der Waals surface area contributed by atoms with Crippen molar-refractivity contribution in [1.29, 1.82) is 0 Å². The molecule has 4 rings (SSSR count). The fourth-order valence-electron chi connectivity index (χ4n) is 4.27. The summed E-state index contributed by atoms with van der Waals surface area (Å²) in [7, 11) is 0. The maximum atomic E-state index is 13.0. The van der Waals surface area contributed by atoms with Crippen LogP contribution in [-0.2, 0) is 20.8 Å². The van der Waals surface area contributed by atoms with Crippen LogP contribution in [-0.4, -0.2) is 72.8 Å². The summed E-state index contributed by atoms with van der Waals surface area (Å²) in [5.74, 6) is -0.104. The molecule has 2 heterocycles. The fourth-order valence-corrected chi connectivity index (χ4v) is 4.27. The van der Waals surface area contributed by atoms with Gasteiger partial charge in [0.05, 0.1) is 12.5 Å². The fraction of sp³-hybridized carbons (Fsp3) is 0.591. The number of benzene rings is 1.